The zero-order valence-corrected chi connectivity index (χ0v) is 21.7. The predicted molar refractivity (Wildman–Crippen MR) is 131 cm³/mol. The number of benzene rings is 2. The molecule has 0 amide bonds. The van der Waals surface area contributed by atoms with Crippen LogP contribution in [0.15, 0.2) is 53.4 Å². The van der Waals surface area contributed by atoms with Gasteiger partial charge in [0.15, 0.2) is 6.29 Å². The first-order valence-corrected chi connectivity index (χ1v) is 13.1. The molecule has 0 saturated carbocycles. The van der Waals surface area contributed by atoms with Gasteiger partial charge in [0.1, 0.15) is 5.75 Å². The maximum absolute atomic E-state index is 12.2. The van der Waals surface area contributed by atoms with Gasteiger partial charge in [-0.05, 0) is 71.4 Å². The van der Waals surface area contributed by atoms with Crippen molar-refractivity contribution in [3.63, 3.8) is 0 Å². The summed E-state index contributed by atoms with van der Waals surface area (Å²) in [6.45, 7) is 15.8. The first kappa shape index (κ1) is 25.7. The highest BCUT2D eigenvalue weighted by Gasteiger charge is 2.44. The van der Waals surface area contributed by atoms with E-state index < -0.39 is 16.4 Å². The first-order valence-electron chi connectivity index (χ1n) is 11.6. The molecule has 182 valence electrons. The highest BCUT2D eigenvalue weighted by atomic mass is 32.2. The Hall–Kier alpha value is -1.89. The van der Waals surface area contributed by atoms with Gasteiger partial charge in [-0.25, -0.2) is 0 Å². The Kier molecular flexibility index (Phi) is 7.62. The minimum atomic E-state index is -3.78. The molecule has 0 aromatic heterocycles. The molecule has 3 unspecified atom stereocenters. The predicted octanol–water partition coefficient (Wildman–Crippen LogP) is 6.18. The van der Waals surface area contributed by atoms with E-state index in [4.69, 9.17) is 13.7 Å². The number of ether oxygens (including phenoxy) is 2. The maximum atomic E-state index is 12.2. The molecule has 6 heteroatoms. The fourth-order valence-corrected chi connectivity index (χ4v) is 5.74. The Morgan fingerprint density at radius 3 is 2.21 bits per heavy atom. The second-order valence-corrected chi connectivity index (χ2v) is 12.6. The second-order valence-electron chi connectivity index (χ2n) is 11.0. The fraction of sp³-hybridized carbons (Fsp3) is 0.556. The van der Waals surface area contributed by atoms with Crippen molar-refractivity contribution in [2.24, 2.45) is 16.7 Å². The summed E-state index contributed by atoms with van der Waals surface area (Å²) in [5.41, 5.74) is 3.16. The largest absolute Gasteiger partial charge is 0.465 e. The molecule has 0 fully saturated rings. The van der Waals surface area contributed by atoms with Crippen LogP contribution in [0.2, 0.25) is 0 Å². The van der Waals surface area contributed by atoms with Crippen molar-refractivity contribution >= 4 is 10.1 Å². The van der Waals surface area contributed by atoms with Gasteiger partial charge >= 0.3 is 0 Å². The van der Waals surface area contributed by atoms with Gasteiger partial charge in [0.25, 0.3) is 10.1 Å². The molecule has 2 aromatic carbocycles. The third-order valence-corrected chi connectivity index (χ3v) is 7.67. The van der Waals surface area contributed by atoms with Gasteiger partial charge in [-0.2, -0.15) is 8.42 Å². The molecule has 0 spiro atoms. The molecule has 0 saturated heterocycles. The van der Waals surface area contributed by atoms with Crippen LogP contribution in [0.25, 0.3) is 0 Å². The first-order chi connectivity index (χ1) is 15.3. The normalized spacial score (nSPS) is 19.8. The lowest BCUT2D eigenvalue weighted by Crippen LogP contribution is -2.31. The summed E-state index contributed by atoms with van der Waals surface area (Å²) in [4.78, 5) is 0.134. The highest BCUT2D eigenvalue weighted by molar-refractivity contribution is 7.86. The van der Waals surface area contributed by atoms with E-state index in [9.17, 15) is 8.42 Å². The van der Waals surface area contributed by atoms with Gasteiger partial charge in [-0.3, -0.25) is 4.18 Å². The number of rotatable bonds is 8. The number of fused-ring (bicyclic) bond motifs is 1. The van der Waals surface area contributed by atoms with Crippen molar-refractivity contribution in [1.82, 2.24) is 0 Å². The maximum Gasteiger partial charge on any atom is 0.297 e. The average molecular weight is 475 g/mol. The van der Waals surface area contributed by atoms with E-state index in [1.165, 1.54) is 23.3 Å². The van der Waals surface area contributed by atoms with Crippen molar-refractivity contribution in [2.45, 2.75) is 72.0 Å². The SMILES string of the molecule is CC(OCCOS(=O)(=O)c1ccccc1)Oc1ccc2c(c1)CC(C(C)(C)C)C2C(C)(C)C. The smallest absolute Gasteiger partial charge is 0.297 e. The molecule has 3 atom stereocenters. The van der Waals surface area contributed by atoms with Crippen molar-refractivity contribution in [3.8, 4) is 5.75 Å². The van der Waals surface area contributed by atoms with Crippen LogP contribution in [0.5, 0.6) is 5.75 Å². The van der Waals surface area contributed by atoms with Crippen LogP contribution in [0.1, 0.15) is 65.5 Å². The van der Waals surface area contributed by atoms with E-state index in [2.05, 4.69) is 53.7 Å². The van der Waals surface area contributed by atoms with Gasteiger partial charge in [0.2, 0.25) is 0 Å². The Labute approximate surface area is 199 Å². The molecule has 1 aliphatic rings. The van der Waals surface area contributed by atoms with Crippen LogP contribution in [0.4, 0.5) is 0 Å². The van der Waals surface area contributed by atoms with Gasteiger partial charge < -0.3 is 9.47 Å². The summed E-state index contributed by atoms with van der Waals surface area (Å²) < 4.78 is 41.0. The van der Waals surface area contributed by atoms with E-state index in [1.54, 1.807) is 25.1 Å². The van der Waals surface area contributed by atoms with Crippen molar-refractivity contribution in [1.29, 1.82) is 0 Å². The molecule has 5 nitrogen and oxygen atoms in total. The minimum Gasteiger partial charge on any atom is -0.465 e. The summed E-state index contributed by atoms with van der Waals surface area (Å²) in [7, 11) is -3.78. The van der Waals surface area contributed by atoms with Gasteiger partial charge in [-0.15, -0.1) is 0 Å². The third-order valence-electron chi connectivity index (χ3n) is 6.35. The summed E-state index contributed by atoms with van der Waals surface area (Å²) in [5, 5.41) is 0. The molecular weight excluding hydrogens is 436 g/mol. The molecular formula is C27H38O5S. The van der Waals surface area contributed by atoms with Crippen molar-refractivity contribution in [2.75, 3.05) is 13.2 Å². The van der Waals surface area contributed by atoms with E-state index in [0.29, 0.717) is 11.8 Å². The number of hydrogen-bond donors (Lipinski definition) is 0. The Balaban J connectivity index is 1.57. The van der Waals surface area contributed by atoms with Gasteiger partial charge in [0, 0.05) is 0 Å². The Morgan fingerprint density at radius 2 is 1.61 bits per heavy atom. The van der Waals surface area contributed by atoms with Crippen molar-refractivity contribution < 1.29 is 22.1 Å². The molecule has 3 rings (SSSR count). The van der Waals surface area contributed by atoms with E-state index >= 15 is 0 Å². The molecule has 1 aliphatic carbocycles. The fourth-order valence-electron chi connectivity index (χ4n) is 4.82. The Morgan fingerprint density at radius 1 is 0.939 bits per heavy atom. The lowest BCUT2D eigenvalue weighted by molar-refractivity contribution is -0.0735. The average Bonchev–Trinajstić information content (AvgIpc) is 3.12. The molecule has 0 N–H and O–H groups in total. The second kappa shape index (κ2) is 9.77. The molecule has 0 aliphatic heterocycles. The number of hydrogen-bond acceptors (Lipinski definition) is 5. The van der Waals surface area contributed by atoms with Crippen LogP contribution in [0.3, 0.4) is 0 Å². The van der Waals surface area contributed by atoms with E-state index in [0.717, 1.165) is 12.2 Å². The summed E-state index contributed by atoms with van der Waals surface area (Å²) in [5.74, 6) is 1.83. The van der Waals surface area contributed by atoms with Crippen LogP contribution in [-0.2, 0) is 25.5 Å². The minimum absolute atomic E-state index is 0.0738. The van der Waals surface area contributed by atoms with Crippen LogP contribution >= 0.6 is 0 Å². The van der Waals surface area contributed by atoms with Gasteiger partial charge in [-0.1, -0.05) is 65.8 Å². The van der Waals surface area contributed by atoms with E-state index in [1.807, 2.05) is 6.07 Å². The molecule has 0 bridgehead atoms. The van der Waals surface area contributed by atoms with Gasteiger partial charge in [0.05, 0.1) is 18.1 Å². The molecule has 0 heterocycles. The topological polar surface area (TPSA) is 61.8 Å². The van der Waals surface area contributed by atoms with E-state index in [-0.39, 0.29) is 28.9 Å². The highest BCUT2D eigenvalue weighted by Crippen LogP contribution is 2.54. The molecule has 33 heavy (non-hydrogen) atoms. The van der Waals surface area contributed by atoms with Crippen LogP contribution < -0.4 is 4.74 Å². The molecule has 0 radical (unpaired) electrons. The van der Waals surface area contributed by atoms with Crippen LogP contribution in [0, 0.1) is 16.7 Å². The lowest BCUT2D eigenvalue weighted by Gasteiger charge is -2.40. The zero-order valence-electron chi connectivity index (χ0n) is 20.9. The van der Waals surface area contributed by atoms with Crippen LogP contribution in [-0.4, -0.2) is 27.9 Å². The summed E-state index contributed by atoms with van der Waals surface area (Å²) in [6.07, 6.45) is 0.516. The van der Waals surface area contributed by atoms with Crippen molar-refractivity contribution in [3.05, 3.63) is 59.7 Å². The quantitative estimate of drug-likeness (QED) is 0.260. The standard InChI is InChI=1S/C27H38O5S/c1-19(30-15-16-31-33(28,29)22-11-9-8-10-12-22)32-21-13-14-23-20(17-21)18-24(26(2,3)4)25(23)27(5,6)7/h8-14,17,19,24-25H,15-16,18H2,1-7H3. The summed E-state index contributed by atoms with van der Waals surface area (Å²) >= 11 is 0. The lowest BCUT2D eigenvalue weighted by atomic mass is 9.65. The Bertz CT molecular complexity index is 1030. The molecule has 2 aromatic rings. The third kappa shape index (κ3) is 6.37. The monoisotopic (exact) mass is 474 g/mol. The summed E-state index contributed by atoms with van der Waals surface area (Å²) in [6, 6.07) is 14.4. The zero-order chi connectivity index (χ0) is 24.4.